The van der Waals surface area contributed by atoms with Gasteiger partial charge in [-0.3, -0.25) is 4.79 Å². The molecular formula is C31H28ClNO3S2. The molecule has 0 radical (unpaired) electrons. The number of hydrogen-bond acceptors (Lipinski definition) is 6. The number of hydrogen-bond donors (Lipinski definition) is 1. The monoisotopic (exact) mass is 561 g/mol. The van der Waals surface area contributed by atoms with Crippen LogP contribution in [0.15, 0.2) is 123 Å². The molecule has 0 aliphatic rings. The summed E-state index contributed by atoms with van der Waals surface area (Å²) >= 11 is 9.36. The van der Waals surface area contributed by atoms with Crippen LogP contribution in [0.3, 0.4) is 0 Å². The van der Waals surface area contributed by atoms with Crippen LogP contribution in [0.4, 0.5) is 0 Å². The van der Waals surface area contributed by atoms with Crippen LogP contribution in [0.1, 0.15) is 41.3 Å². The molecule has 194 valence electrons. The number of halogens is 1. The van der Waals surface area contributed by atoms with E-state index >= 15 is 0 Å². The molecular weight excluding hydrogens is 534 g/mol. The zero-order valence-electron chi connectivity index (χ0n) is 20.9. The van der Waals surface area contributed by atoms with Crippen LogP contribution in [0.2, 0.25) is 5.02 Å². The Labute approximate surface area is 237 Å². The second-order valence-electron chi connectivity index (χ2n) is 8.49. The van der Waals surface area contributed by atoms with Crippen LogP contribution in [-0.2, 0) is 4.84 Å². The van der Waals surface area contributed by atoms with Crippen molar-refractivity contribution < 1.29 is 14.7 Å². The van der Waals surface area contributed by atoms with E-state index in [0.29, 0.717) is 11.1 Å². The number of carbonyl (C=O) groups is 1. The van der Waals surface area contributed by atoms with Gasteiger partial charge < -0.3 is 9.94 Å². The van der Waals surface area contributed by atoms with Crippen LogP contribution >= 0.6 is 35.1 Å². The van der Waals surface area contributed by atoms with E-state index in [-0.39, 0.29) is 5.78 Å². The predicted octanol–water partition coefficient (Wildman–Crippen LogP) is 8.35. The molecule has 0 saturated heterocycles. The van der Waals surface area contributed by atoms with Gasteiger partial charge in [0.25, 0.3) is 0 Å². The number of aliphatic hydroxyl groups is 1. The van der Waals surface area contributed by atoms with Gasteiger partial charge in [0.05, 0.1) is 5.71 Å². The maximum atomic E-state index is 12.6. The molecule has 0 saturated carbocycles. The van der Waals surface area contributed by atoms with E-state index in [1.807, 2.05) is 103 Å². The molecule has 0 heterocycles. The van der Waals surface area contributed by atoms with Crippen molar-refractivity contribution >= 4 is 46.6 Å². The Morgan fingerprint density at radius 1 is 0.816 bits per heavy atom. The number of ketones is 1. The van der Waals surface area contributed by atoms with Crippen molar-refractivity contribution in [1.29, 1.82) is 0 Å². The molecule has 1 atom stereocenters. The Kier molecular flexibility index (Phi) is 10.5. The lowest BCUT2D eigenvalue weighted by molar-refractivity contribution is -0.0838. The van der Waals surface area contributed by atoms with Gasteiger partial charge in [-0.1, -0.05) is 71.0 Å². The van der Waals surface area contributed by atoms with Gasteiger partial charge in [-0.2, -0.15) is 0 Å². The first-order chi connectivity index (χ1) is 18.5. The summed E-state index contributed by atoms with van der Waals surface area (Å²) in [6.45, 7) is 1.54. The maximum absolute atomic E-state index is 12.6. The third kappa shape index (κ3) is 8.50. The zero-order valence-corrected chi connectivity index (χ0v) is 23.3. The summed E-state index contributed by atoms with van der Waals surface area (Å²) in [5.74, 6) is 0.941. The Morgan fingerprint density at radius 3 is 1.97 bits per heavy atom. The number of rotatable bonds is 12. The van der Waals surface area contributed by atoms with Gasteiger partial charge in [-0.05, 0) is 84.8 Å². The van der Waals surface area contributed by atoms with Gasteiger partial charge in [0.2, 0.25) is 6.29 Å². The lowest BCUT2D eigenvalue weighted by Gasteiger charge is -2.10. The highest BCUT2D eigenvalue weighted by Gasteiger charge is 2.10. The van der Waals surface area contributed by atoms with E-state index in [9.17, 15) is 9.90 Å². The fourth-order valence-corrected chi connectivity index (χ4v) is 5.42. The van der Waals surface area contributed by atoms with Crippen LogP contribution in [-0.4, -0.2) is 28.6 Å². The smallest absolute Gasteiger partial charge is 0.221 e. The minimum absolute atomic E-state index is 0.0179. The van der Waals surface area contributed by atoms with E-state index in [2.05, 4.69) is 5.16 Å². The van der Waals surface area contributed by atoms with Crippen molar-refractivity contribution in [1.82, 2.24) is 0 Å². The molecule has 4 rings (SSSR count). The molecule has 4 nitrogen and oxygen atoms in total. The Morgan fingerprint density at radius 2 is 1.37 bits per heavy atom. The predicted molar refractivity (Wildman–Crippen MR) is 158 cm³/mol. The third-order valence-electron chi connectivity index (χ3n) is 5.53. The average Bonchev–Trinajstić information content (AvgIpc) is 2.94. The Balaban J connectivity index is 1.35. The second kappa shape index (κ2) is 14.2. The summed E-state index contributed by atoms with van der Waals surface area (Å²) in [5, 5.41) is 14.5. The normalized spacial score (nSPS) is 12.2. The standard InChI is InChI=1S/C31H28ClNO3S2/c1-22(34)36-33-30(8-5-21-37-27-19-13-26(32)14-20-27)23-9-15-28(16-10-23)38-29-17-11-25(12-18-29)31(35)24-6-3-2-4-7-24/h2-4,6-7,9-20,22,34H,5,8,21H2,1H3/b33-30+. The lowest BCUT2D eigenvalue weighted by Crippen LogP contribution is -2.07. The molecule has 0 bridgehead atoms. The van der Waals surface area contributed by atoms with Crippen LogP contribution < -0.4 is 0 Å². The molecule has 0 aliphatic carbocycles. The minimum atomic E-state index is -0.972. The summed E-state index contributed by atoms with van der Waals surface area (Å²) in [5.41, 5.74) is 3.10. The van der Waals surface area contributed by atoms with Crippen LogP contribution in [0.5, 0.6) is 0 Å². The molecule has 0 fully saturated rings. The molecule has 1 N–H and O–H groups in total. The van der Waals surface area contributed by atoms with E-state index in [1.165, 1.54) is 11.8 Å². The summed E-state index contributed by atoms with van der Waals surface area (Å²) in [4.78, 5) is 21.1. The van der Waals surface area contributed by atoms with Gasteiger partial charge in [0.1, 0.15) is 0 Å². The van der Waals surface area contributed by atoms with Crippen molar-refractivity contribution in [2.75, 3.05) is 5.75 Å². The molecule has 7 heteroatoms. The van der Waals surface area contributed by atoms with E-state index in [4.69, 9.17) is 16.4 Å². The number of aliphatic hydroxyl groups excluding tert-OH is 1. The first-order valence-electron chi connectivity index (χ1n) is 12.2. The highest BCUT2D eigenvalue weighted by atomic mass is 35.5. The van der Waals surface area contributed by atoms with Gasteiger partial charge in [0, 0.05) is 37.8 Å². The Bertz CT molecular complexity index is 1340. The highest BCUT2D eigenvalue weighted by Crippen LogP contribution is 2.29. The van der Waals surface area contributed by atoms with Crippen molar-refractivity contribution in [3.05, 3.63) is 125 Å². The topological polar surface area (TPSA) is 58.9 Å². The molecule has 0 aromatic heterocycles. The fourth-order valence-electron chi connectivity index (χ4n) is 3.63. The fraction of sp³-hybridized carbons (Fsp3) is 0.161. The summed E-state index contributed by atoms with van der Waals surface area (Å²) in [6.07, 6.45) is 0.649. The van der Waals surface area contributed by atoms with Crippen molar-refractivity contribution in [2.24, 2.45) is 5.16 Å². The first-order valence-corrected chi connectivity index (χ1v) is 14.4. The van der Waals surface area contributed by atoms with E-state index in [1.54, 1.807) is 23.5 Å². The van der Waals surface area contributed by atoms with Gasteiger partial charge >= 0.3 is 0 Å². The number of oxime groups is 1. The number of thioether (sulfide) groups is 1. The molecule has 0 amide bonds. The van der Waals surface area contributed by atoms with E-state index < -0.39 is 6.29 Å². The van der Waals surface area contributed by atoms with Crippen molar-refractivity contribution in [2.45, 2.75) is 40.7 Å². The summed E-state index contributed by atoms with van der Waals surface area (Å²) in [6, 6.07) is 32.9. The SMILES string of the molecule is CC(O)O/N=C(\CCCSc1ccc(Cl)cc1)c1ccc(Sc2ccc(C(=O)c3ccccc3)cc2)cc1. The van der Waals surface area contributed by atoms with E-state index in [0.717, 1.165) is 44.7 Å². The van der Waals surface area contributed by atoms with Crippen LogP contribution in [0, 0.1) is 0 Å². The van der Waals surface area contributed by atoms with Crippen molar-refractivity contribution in [3.63, 3.8) is 0 Å². The molecule has 1 unspecified atom stereocenters. The average molecular weight is 562 g/mol. The van der Waals surface area contributed by atoms with Gasteiger partial charge in [-0.25, -0.2) is 0 Å². The third-order valence-corrected chi connectivity index (χ3v) is 7.90. The van der Waals surface area contributed by atoms with Crippen LogP contribution in [0.25, 0.3) is 0 Å². The number of nitrogens with zero attached hydrogens (tertiary/aromatic N) is 1. The second-order valence-corrected chi connectivity index (χ2v) is 11.2. The van der Waals surface area contributed by atoms with Crippen molar-refractivity contribution in [3.8, 4) is 0 Å². The zero-order chi connectivity index (χ0) is 26.7. The molecule has 0 aliphatic heterocycles. The highest BCUT2D eigenvalue weighted by molar-refractivity contribution is 7.99. The van der Waals surface area contributed by atoms with Gasteiger partial charge in [0.15, 0.2) is 5.78 Å². The number of carbonyl (C=O) groups excluding carboxylic acids is 1. The number of benzene rings is 4. The first kappa shape index (κ1) is 28.0. The summed E-state index contributed by atoms with van der Waals surface area (Å²) < 4.78 is 0. The maximum Gasteiger partial charge on any atom is 0.221 e. The molecule has 4 aromatic carbocycles. The molecule has 38 heavy (non-hydrogen) atoms. The lowest BCUT2D eigenvalue weighted by atomic mass is 10.0. The quantitative estimate of drug-likeness (QED) is 0.0470. The molecule has 4 aromatic rings. The Hall–Kier alpha value is -3.03. The molecule has 0 spiro atoms. The minimum Gasteiger partial charge on any atom is -0.364 e. The van der Waals surface area contributed by atoms with Gasteiger partial charge in [-0.15, -0.1) is 11.8 Å². The largest absolute Gasteiger partial charge is 0.364 e. The summed E-state index contributed by atoms with van der Waals surface area (Å²) in [7, 11) is 0.